The Morgan fingerprint density at radius 3 is 2.38 bits per heavy atom. The van der Waals surface area contributed by atoms with E-state index in [1.165, 1.54) is 23.1 Å². The van der Waals surface area contributed by atoms with E-state index in [-0.39, 0.29) is 17.6 Å². The molecule has 1 fully saturated rings. The molecule has 0 radical (unpaired) electrons. The van der Waals surface area contributed by atoms with Crippen molar-refractivity contribution in [3.8, 4) is 0 Å². The van der Waals surface area contributed by atoms with Gasteiger partial charge < -0.3 is 10.1 Å². The lowest BCUT2D eigenvalue weighted by Gasteiger charge is -2.32. The average molecular weight is 323 g/mol. The summed E-state index contributed by atoms with van der Waals surface area (Å²) in [7, 11) is 0. The van der Waals surface area contributed by atoms with Gasteiger partial charge in [-0.1, -0.05) is 75.4 Å². The Kier molecular flexibility index (Phi) is 5.37. The molecular weight excluding hydrogens is 294 g/mol. The zero-order valence-electron chi connectivity index (χ0n) is 15.1. The van der Waals surface area contributed by atoms with Gasteiger partial charge in [0.1, 0.15) is 6.10 Å². The molecule has 0 bridgehead atoms. The molecule has 2 nitrogen and oxygen atoms in total. The van der Waals surface area contributed by atoms with E-state index in [9.17, 15) is 0 Å². The van der Waals surface area contributed by atoms with Gasteiger partial charge in [-0.3, -0.25) is 0 Å². The standard InChI is InChI=1S/C22H29NO/c1-22(2,3)20-14-8-7-13-19(20)21(17-10-5-4-6-11-17)24-18-12-9-15-23-16-18/h4-8,10-11,13-14,18,21,23H,9,12,15-16H2,1-3H3/t18-,21-/m1/s1. The topological polar surface area (TPSA) is 21.3 Å². The van der Waals surface area contributed by atoms with Crippen molar-refractivity contribution in [3.05, 3.63) is 71.3 Å². The van der Waals surface area contributed by atoms with Crippen LogP contribution in [0.25, 0.3) is 0 Å². The zero-order valence-corrected chi connectivity index (χ0v) is 15.1. The highest BCUT2D eigenvalue weighted by Crippen LogP contribution is 2.36. The smallest absolute Gasteiger partial charge is 0.108 e. The number of hydrogen-bond acceptors (Lipinski definition) is 2. The third kappa shape index (κ3) is 4.06. The van der Waals surface area contributed by atoms with Crippen molar-refractivity contribution in [2.24, 2.45) is 0 Å². The molecule has 1 heterocycles. The Labute approximate surface area is 146 Å². The van der Waals surface area contributed by atoms with Crippen LogP contribution in [0.15, 0.2) is 54.6 Å². The molecule has 1 aliphatic rings. The van der Waals surface area contributed by atoms with Crippen LogP contribution >= 0.6 is 0 Å². The van der Waals surface area contributed by atoms with Gasteiger partial charge in [0.05, 0.1) is 6.10 Å². The fourth-order valence-electron chi connectivity index (χ4n) is 3.50. The van der Waals surface area contributed by atoms with Gasteiger partial charge in [0.25, 0.3) is 0 Å². The second-order valence-corrected chi connectivity index (χ2v) is 7.73. The highest BCUT2D eigenvalue weighted by atomic mass is 16.5. The molecule has 2 aromatic carbocycles. The van der Waals surface area contributed by atoms with Crippen LogP contribution in [0.1, 0.15) is 56.4 Å². The van der Waals surface area contributed by atoms with Crippen molar-refractivity contribution in [1.29, 1.82) is 0 Å². The average Bonchev–Trinajstić information content (AvgIpc) is 2.61. The van der Waals surface area contributed by atoms with E-state index in [1.54, 1.807) is 0 Å². The van der Waals surface area contributed by atoms with Gasteiger partial charge in [0.2, 0.25) is 0 Å². The predicted octanol–water partition coefficient (Wildman–Crippen LogP) is 4.84. The lowest BCUT2D eigenvalue weighted by Crippen LogP contribution is -2.36. The second kappa shape index (κ2) is 7.50. The Bertz CT molecular complexity index is 639. The van der Waals surface area contributed by atoms with Gasteiger partial charge in [0.15, 0.2) is 0 Å². The second-order valence-electron chi connectivity index (χ2n) is 7.73. The number of rotatable bonds is 4. The molecule has 3 rings (SSSR count). The van der Waals surface area contributed by atoms with Crippen LogP contribution in [0, 0.1) is 0 Å². The van der Waals surface area contributed by atoms with Gasteiger partial charge in [-0.05, 0) is 41.5 Å². The summed E-state index contributed by atoms with van der Waals surface area (Å²) < 4.78 is 6.64. The number of nitrogens with one attached hydrogen (secondary N) is 1. The fourth-order valence-corrected chi connectivity index (χ4v) is 3.50. The van der Waals surface area contributed by atoms with E-state index in [2.05, 4.69) is 80.7 Å². The van der Waals surface area contributed by atoms with Crippen molar-refractivity contribution in [3.63, 3.8) is 0 Å². The molecule has 2 atom stereocenters. The predicted molar refractivity (Wildman–Crippen MR) is 100 cm³/mol. The summed E-state index contributed by atoms with van der Waals surface area (Å²) in [5.74, 6) is 0. The minimum absolute atomic E-state index is 0.00785. The number of piperidine rings is 1. The van der Waals surface area contributed by atoms with E-state index in [0.29, 0.717) is 0 Å². The fraction of sp³-hybridized carbons (Fsp3) is 0.455. The molecule has 0 aliphatic carbocycles. The normalized spacial score (nSPS) is 19.9. The molecular formula is C22H29NO. The largest absolute Gasteiger partial charge is 0.364 e. The van der Waals surface area contributed by atoms with Gasteiger partial charge in [-0.15, -0.1) is 0 Å². The summed E-state index contributed by atoms with van der Waals surface area (Å²) in [6, 6.07) is 19.4. The first kappa shape index (κ1) is 17.2. The Morgan fingerprint density at radius 1 is 1.00 bits per heavy atom. The van der Waals surface area contributed by atoms with Crippen molar-refractivity contribution in [2.45, 2.75) is 51.2 Å². The van der Waals surface area contributed by atoms with Gasteiger partial charge >= 0.3 is 0 Å². The lowest BCUT2D eigenvalue weighted by molar-refractivity contribution is -0.00497. The monoisotopic (exact) mass is 323 g/mol. The molecule has 1 N–H and O–H groups in total. The highest BCUT2D eigenvalue weighted by Gasteiger charge is 2.27. The van der Waals surface area contributed by atoms with Crippen LogP contribution in [0.5, 0.6) is 0 Å². The molecule has 0 amide bonds. The molecule has 1 saturated heterocycles. The molecule has 2 heteroatoms. The third-order valence-corrected chi connectivity index (χ3v) is 4.73. The van der Waals surface area contributed by atoms with Crippen LogP contribution < -0.4 is 5.32 Å². The minimum Gasteiger partial charge on any atom is -0.364 e. The molecule has 128 valence electrons. The molecule has 1 aliphatic heterocycles. The van der Waals surface area contributed by atoms with Gasteiger partial charge in [-0.25, -0.2) is 0 Å². The quantitative estimate of drug-likeness (QED) is 0.869. The first-order chi connectivity index (χ1) is 11.6. The zero-order chi connectivity index (χ0) is 17.0. The first-order valence-corrected chi connectivity index (χ1v) is 9.06. The van der Waals surface area contributed by atoms with Crippen LogP contribution in [-0.4, -0.2) is 19.2 Å². The Balaban J connectivity index is 1.99. The van der Waals surface area contributed by atoms with Crippen LogP contribution in [0.3, 0.4) is 0 Å². The molecule has 24 heavy (non-hydrogen) atoms. The molecule has 2 aromatic rings. The van der Waals surface area contributed by atoms with Gasteiger partial charge in [-0.2, -0.15) is 0 Å². The summed E-state index contributed by atoms with van der Waals surface area (Å²) in [4.78, 5) is 0. The van der Waals surface area contributed by atoms with Crippen LogP contribution in [-0.2, 0) is 10.2 Å². The number of benzene rings is 2. The molecule has 0 spiro atoms. The molecule has 0 saturated carbocycles. The highest BCUT2D eigenvalue weighted by molar-refractivity contribution is 5.39. The van der Waals surface area contributed by atoms with E-state index < -0.39 is 0 Å². The number of hydrogen-bond donors (Lipinski definition) is 1. The summed E-state index contributed by atoms with van der Waals surface area (Å²) in [5, 5.41) is 3.46. The van der Waals surface area contributed by atoms with Gasteiger partial charge in [0, 0.05) is 6.54 Å². The van der Waals surface area contributed by atoms with Crippen LogP contribution in [0.4, 0.5) is 0 Å². The maximum absolute atomic E-state index is 6.64. The van der Waals surface area contributed by atoms with Crippen molar-refractivity contribution >= 4 is 0 Å². The van der Waals surface area contributed by atoms with Crippen molar-refractivity contribution in [1.82, 2.24) is 5.32 Å². The van der Waals surface area contributed by atoms with E-state index in [4.69, 9.17) is 4.74 Å². The van der Waals surface area contributed by atoms with E-state index >= 15 is 0 Å². The Morgan fingerprint density at radius 2 is 1.71 bits per heavy atom. The Hall–Kier alpha value is -1.64. The minimum atomic E-state index is -0.00785. The first-order valence-electron chi connectivity index (χ1n) is 9.06. The maximum atomic E-state index is 6.64. The number of ether oxygens (including phenoxy) is 1. The SMILES string of the molecule is CC(C)(C)c1ccccc1[C@H](O[C@@H]1CCCNC1)c1ccccc1. The van der Waals surface area contributed by atoms with E-state index in [0.717, 1.165) is 19.5 Å². The van der Waals surface area contributed by atoms with Crippen molar-refractivity contribution in [2.75, 3.05) is 13.1 Å². The summed E-state index contributed by atoms with van der Waals surface area (Å²) in [5.41, 5.74) is 3.99. The lowest BCUT2D eigenvalue weighted by atomic mass is 9.81. The molecule has 0 unspecified atom stereocenters. The summed E-state index contributed by atoms with van der Waals surface area (Å²) in [6.07, 6.45) is 2.59. The van der Waals surface area contributed by atoms with Crippen LogP contribution in [0.2, 0.25) is 0 Å². The maximum Gasteiger partial charge on any atom is 0.108 e. The van der Waals surface area contributed by atoms with Crippen molar-refractivity contribution < 1.29 is 4.74 Å². The molecule has 0 aromatic heterocycles. The summed E-state index contributed by atoms with van der Waals surface area (Å²) in [6.45, 7) is 8.87. The summed E-state index contributed by atoms with van der Waals surface area (Å²) >= 11 is 0. The third-order valence-electron chi connectivity index (χ3n) is 4.73. The van der Waals surface area contributed by atoms with E-state index in [1.807, 2.05) is 0 Å².